The van der Waals surface area contributed by atoms with Crippen LogP contribution in [0.2, 0.25) is 0 Å². The van der Waals surface area contributed by atoms with Gasteiger partial charge in [0.25, 0.3) is 11.8 Å². The number of nitrogens with zero attached hydrogens (tertiary/aromatic N) is 3. The first-order valence-corrected chi connectivity index (χ1v) is 12.9. The molecule has 12 nitrogen and oxygen atoms in total. The Balaban J connectivity index is 1.29. The number of aromatic carboxylic acids is 1. The van der Waals surface area contributed by atoms with Gasteiger partial charge in [-0.05, 0) is 61.7 Å². The van der Waals surface area contributed by atoms with Crippen LogP contribution in [0.1, 0.15) is 60.9 Å². The number of nitrogens with one attached hydrogen (secondary N) is 2. The van der Waals surface area contributed by atoms with Gasteiger partial charge in [0, 0.05) is 25.8 Å². The van der Waals surface area contributed by atoms with Crippen LogP contribution in [-0.4, -0.2) is 58.8 Å². The molecule has 2 aromatic carbocycles. The highest BCUT2D eigenvalue weighted by Gasteiger charge is 2.29. The third-order valence-corrected chi connectivity index (χ3v) is 6.00. The zero-order chi connectivity index (χ0) is 28.0. The molecule has 1 heterocycles. The van der Waals surface area contributed by atoms with Crippen molar-refractivity contribution in [3.8, 4) is 5.75 Å². The predicted molar refractivity (Wildman–Crippen MR) is 141 cm³/mol. The van der Waals surface area contributed by atoms with E-state index >= 15 is 0 Å². The number of phenols is 1. The van der Waals surface area contributed by atoms with Gasteiger partial charge in [-0.3, -0.25) is 19.7 Å². The molecule has 0 unspecified atom stereocenters. The summed E-state index contributed by atoms with van der Waals surface area (Å²) in [6.45, 7) is 1.35. The lowest BCUT2D eigenvalue weighted by Gasteiger charge is -2.13. The van der Waals surface area contributed by atoms with Crippen LogP contribution in [0.15, 0.2) is 52.7 Å². The minimum Gasteiger partial charge on any atom is -0.508 e. The van der Waals surface area contributed by atoms with Gasteiger partial charge >= 0.3 is 5.97 Å². The first-order chi connectivity index (χ1) is 18.8. The highest BCUT2D eigenvalue weighted by atomic mass is 16.7. The number of hydrogen-bond donors (Lipinski definition) is 4. The van der Waals surface area contributed by atoms with Crippen LogP contribution >= 0.6 is 0 Å². The molecule has 0 radical (unpaired) electrons. The number of aromatic hydroxyl groups is 1. The molecular formula is C27H33N5O7. The van der Waals surface area contributed by atoms with Crippen LogP contribution in [0, 0.1) is 0 Å². The number of benzene rings is 2. The topological polar surface area (TPSA) is 170 Å². The minimum absolute atomic E-state index is 0.0357. The molecule has 1 fully saturated rings. The Morgan fingerprint density at radius 1 is 0.949 bits per heavy atom. The third kappa shape index (κ3) is 9.58. The first kappa shape index (κ1) is 29.4. The summed E-state index contributed by atoms with van der Waals surface area (Å²) in [7, 11) is 0. The summed E-state index contributed by atoms with van der Waals surface area (Å²) in [5, 5.41) is 34.2. The Morgan fingerprint density at radius 3 is 2.41 bits per heavy atom. The van der Waals surface area contributed by atoms with Crippen LogP contribution < -0.4 is 10.6 Å². The van der Waals surface area contributed by atoms with Crippen LogP contribution in [0.25, 0.3) is 0 Å². The number of azo groups is 1. The lowest BCUT2D eigenvalue weighted by molar-refractivity contribution is -0.189. The molecule has 0 saturated carbocycles. The number of carbonyl (C=O) groups is 4. The van der Waals surface area contributed by atoms with Crippen molar-refractivity contribution >= 4 is 35.1 Å². The molecule has 1 aliphatic heterocycles. The summed E-state index contributed by atoms with van der Waals surface area (Å²) in [5.41, 5.74) is 1.23. The zero-order valence-electron chi connectivity index (χ0n) is 21.6. The summed E-state index contributed by atoms with van der Waals surface area (Å²) in [6.07, 6.45) is 4.53. The second-order valence-electron chi connectivity index (χ2n) is 8.95. The zero-order valence-corrected chi connectivity index (χ0v) is 21.6. The maximum atomic E-state index is 12.2. The van der Waals surface area contributed by atoms with E-state index in [0.29, 0.717) is 30.8 Å². The molecule has 2 aromatic rings. The van der Waals surface area contributed by atoms with Gasteiger partial charge in [-0.2, -0.15) is 10.2 Å². The number of carboxylic acid groups (broad SMARTS) is 1. The molecule has 208 valence electrons. The Labute approximate surface area is 226 Å². The van der Waals surface area contributed by atoms with Crippen molar-refractivity contribution in [3.05, 3.63) is 53.6 Å². The molecule has 1 aliphatic rings. The number of hydrogen-bond acceptors (Lipinski definition) is 9. The number of imide groups is 1. The van der Waals surface area contributed by atoms with Crippen LogP contribution in [0.4, 0.5) is 11.4 Å². The van der Waals surface area contributed by atoms with Crippen molar-refractivity contribution in [2.24, 2.45) is 10.2 Å². The Hall–Kier alpha value is -4.16. The molecule has 0 bridgehead atoms. The molecule has 3 rings (SSSR count). The van der Waals surface area contributed by atoms with Gasteiger partial charge in [0.1, 0.15) is 18.2 Å². The highest BCUT2D eigenvalue weighted by molar-refractivity contribution is 6.00. The Bertz CT molecular complexity index is 1180. The monoisotopic (exact) mass is 539 g/mol. The maximum Gasteiger partial charge on any atom is 0.337 e. The van der Waals surface area contributed by atoms with Crippen molar-refractivity contribution in [1.82, 2.24) is 15.7 Å². The van der Waals surface area contributed by atoms with Crippen molar-refractivity contribution in [3.63, 3.8) is 0 Å². The number of hydroxylamine groups is 2. The minimum atomic E-state index is -1.10. The van der Waals surface area contributed by atoms with E-state index in [1.165, 1.54) is 12.1 Å². The normalized spacial score (nSPS) is 13.4. The fourth-order valence-electron chi connectivity index (χ4n) is 3.86. The van der Waals surface area contributed by atoms with E-state index in [1.54, 1.807) is 30.3 Å². The molecule has 12 heteroatoms. The average Bonchev–Trinajstić information content (AvgIpc) is 3.25. The van der Waals surface area contributed by atoms with E-state index in [-0.39, 0.29) is 60.7 Å². The quantitative estimate of drug-likeness (QED) is 0.108. The predicted octanol–water partition coefficient (Wildman–Crippen LogP) is 3.74. The second kappa shape index (κ2) is 15.3. The summed E-state index contributed by atoms with van der Waals surface area (Å²) < 4.78 is 0. The fourth-order valence-corrected chi connectivity index (χ4v) is 3.86. The van der Waals surface area contributed by atoms with Gasteiger partial charge in [-0.15, -0.1) is 5.11 Å². The number of carboxylic acids is 1. The molecule has 1 saturated heterocycles. The fraction of sp³-hybridized carbons (Fsp3) is 0.407. The lowest BCUT2D eigenvalue weighted by Crippen LogP contribution is -2.33. The van der Waals surface area contributed by atoms with E-state index in [2.05, 4.69) is 20.9 Å². The largest absolute Gasteiger partial charge is 0.508 e. The van der Waals surface area contributed by atoms with Crippen molar-refractivity contribution in [1.29, 1.82) is 0 Å². The van der Waals surface area contributed by atoms with Crippen LogP contribution in [0.3, 0.4) is 0 Å². The molecule has 0 spiro atoms. The Kier molecular flexibility index (Phi) is 11.5. The van der Waals surface area contributed by atoms with E-state index in [9.17, 15) is 29.4 Å². The van der Waals surface area contributed by atoms with Gasteiger partial charge in [0.2, 0.25) is 5.91 Å². The first-order valence-electron chi connectivity index (χ1n) is 12.9. The maximum absolute atomic E-state index is 12.2. The summed E-state index contributed by atoms with van der Waals surface area (Å²) in [5.74, 6) is -1.79. The van der Waals surface area contributed by atoms with E-state index in [0.717, 1.165) is 30.7 Å². The molecule has 3 amide bonds. The van der Waals surface area contributed by atoms with Crippen LogP contribution in [-0.2, 0) is 25.6 Å². The molecular weight excluding hydrogens is 506 g/mol. The van der Waals surface area contributed by atoms with Gasteiger partial charge in [0.05, 0.1) is 11.3 Å². The summed E-state index contributed by atoms with van der Waals surface area (Å²) in [6, 6.07) is 10.9. The Morgan fingerprint density at radius 2 is 1.67 bits per heavy atom. The van der Waals surface area contributed by atoms with Gasteiger partial charge in [-0.1, -0.05) is 25.0 Å². The molecule has 4 N–H and O–H groups in total. The molecule has 0 atom stereocenters. The van der Waals surface area contributed by atoms with Gasteiger partial charge < -0.3 is 15.5 Å². The number of rotatable bonds is 16. The lowest BCUT2D eigenvalue weighted by atomic mass is 10.1. The molecule has 0 aliphatic carbocycles. The highest BCUT2D eigenvalue weighted by Crippen LogP contribution is 2.27. The van der Waals surface area contributed by atoms with Crippen molar-refractivity contribution < 1.29 is 34.2 Å². The van der Waals surface area contributed by atoms with E-state index in [4.69, 9.17) is 4.84 Å². The molecule has 39 heavy (non-hydrogen) atoms. The van der Waals surface area contributed by atoms with Gasteiger partial charge in [-0.25, -0.2) is 9.63 Å². The third-order valence-electron chi connectivity index (χ3n) is 6.00. The number of aryl methyl sites for hydroxylation is 1. The van der Waals surface area contributed by atoms with E-state index < -0.39 is 5.97 Å². The van der Waals surface area contributed by atoms with E-state index in [1.807, 2.05) is 0 Å². The smallest absolute Gasteiger partial charge is 0.337 e. The average molecular weight is 540 g/mol. The van der Waals surface area contributed by atoms with Crippen LogP contribution in [0.5, 0.6) is 5.75 Å². The molecule has 0 aromatic heterocycles. The second-order valence-corrected chi connectivity index (χ2v) is 8.95. The number of phenolic OH excluding ortho intramolecular Hbond substituents is 1. The number of unbranched alkanes of at least 4 members (excludes halogenated alkanes) is 3. The number of carbonyl (C=O) groups excluding carboxylic acids is 3. The van der Waals surface area contributed by atoms with Crippen molar-refractivity contribution in [2.75, 3.05) is 19.8 Å². The SMILES string of the molecule is O=C(CCc1cc(/N=N/c2ccccc2C(=O)O)ccc1O)NCCCCCCNCON1C(=O)CCC1=O. The standard InChI is InChI=1S/C27H33N5O7/c33-23-11-10-20(30-31-22-8-4-3-7-21(22)27(37)38)17-19(23)9-12-24(34)29-16-6-2-1-5-15-28-18-39-32-25(35)13-14-26(32)36/h3-4,7-8,10-11,17,28,33H,1-2,5-6,9,12-16,18H2,(H,29,34)(H,37,38)/b31-30+. The van der Waals surface area contributed by atoms with Crippen molar-refractivity contribution in [2.45, 2.75) is 51.4 Å². The number of amides is 3. The van der Waals surface area contributed by atoms with Gasteiger partial charge in [0.15, 0.2) is 0 Å². The summed E-state index contributed by atoms with van der Waals surface area (Å²) >= 11 is 0. The summed E-state index contributed by atoms with van der Waals surface area (Å²) in [4.78, 5) is 51.5.